The van der Waals surface area contributed by atoms with E-state index >= 15 is 0 Å². The average Bonchev–Trinajstić information content (AvgIpc) is 2.52. The molecule has 0 amide bonds. The molecule has 1 aromatic rings. The zero-order chi connectivity index (χ0) is 16.2. The van der Waals surface area contributed by atoms with E-state index in [1.165, 1.54) is 6.07 Å². The molecule has 0 aliphatic carbocycles. The first-order valence-corrected chi connectivity index (χ1v) is 7.34. The van der Waals surface area contributed by atoms with E-state index in [1.54, 1.807) is 18.2 Å². The average molecular weight is 318 g/mol. The fraction of sp³-hybridized carbons (Fsp3) is 0.600. The first kappa shape index (κ1) is 17.1. The molecule has 7 heteroatoms. The number of nitrogens with zero attached hydrogens (tertiary/aromatic N) is 1. The molecule has 0 spiro atoms. The molecule has 1 heterocycles. The number of benzene rings is 1. The van der Waals surface area contributed by atoms with Gasteiger partial charge in [-0.25, -0.2) is 0 Å². The molecule has 0 bridgehead atoms. The monoisotopic (exact) mass is 318 g/mol. The molecule has 2 rings (SSSR count). The number of piperazine rings is 1. The third-order valence-corrected chi connectivity index (χ3v) is 3.84. The fourth-order valence-electron chi connectivity index (χ4n) is 2.70. The number of alkyl halides is 3. The second kappa shape index (κ2) is 6.85. The first-order chi connectivity index (χ1) is 10.4. The Bertz CT molecular complexity index is 490. The van der Waals surface area contributed by atoms with Gasteiger partial charge in [-0.2, -0.15) is 13.2 Å². The molecule has 2 N–H and O–H groups in total. The van der Waals surface area contributed by atoms with Crippen LogP contribution in [0.15, 0.2) is 24.3 Å². The van der Waals surface area contributed by atoms with E-state index in [1.807, 2.05) is 11.8 Å². The second-order valence-corrected chi connectivity index (χ2v) is 5.31. The van der Waals surface area contributed by atoms with Gasteiger partial charge in [0.1, 0.15) is 11.5 Å². The summed E-state index contributed by atoms with van der Waals surface area (Å²) in [5, 5.41) is 14.3. The number of hydrogen-bond donors (Lipinski definition) is 2. The van der Waals surface area contributed by atoms with E-state index in [9.17, 15) is 18.3 Å². The van der Waals surface area contributed by atoms with Crippen LogP contribution in [-0.2, 0) is 5.72 Å². The third-order valence-electron chi connectivity index (χ3n) is 3.84. The summed E-state index contributed by atoms with van der Waals surface area (Å²) >= 11 is 0. The number of rotatable bonds is 5. The van der Waals surface area contributed by atoms with Gasteiger partial charge < -0.3 is 15.2 Å². The van der Waals surface area contributed by atoms with Gasteiger partial charge in [0.2, 0.25) is 0 Å². The molecule has 1 atom stereocenters. The molecule has 0 saturated carbocycles. The SMILES string of the molecule is CCC(O)(c1ccccc1OCC(F)(F)F)N1CCNCC1. The Morgan fingerprint density at radius 2 is 1.86 bits per heavy atom. The maximum Gasteiger partial charge on any atom is 0.422 e. The highest BCUT2D eigenvalue weighted by atomic mass is 19.4. The van der Waals surface area contributed by atoms with Crippen LogP contribution in [0.3, 0.4) is 0 Å². The summed E-state index contributed by atoms with van der Waals surface area (Å²) in [4.78, 5) is 1.87. The molecule has 124 valence electrons. The van der Waals surface area contributed by atoms with Gasteiger partial charge in [0.15, 0.2) is 6.61 Å². The van der Waals surface area contributed by atoms with Gasteiger partial charge >= 0.3 is 6.18 Å². The Labute approximate surface area is 127 Å². The van der Waals surface area contributed by atoms with Crippen LogP contribution in [0.2, 0.25) is 0 Å². The van der Waals surface area contributed by atoms with E-state index in [4.69, 9.17) is 4.74 Å². The van der Waals surface area contributed by atoms with Crippen molar-refractivity contribution in [3.63, 3.8) is 0 Å². The highest BCUT2D eigenvalue weighted by Gasteiger charge is 2.38. The van der Waals surface area contributed by atoms with E-state index in [0.717, 1.165) is 13.1 Å². The van der Waals surface area contributed by atoms with Crippen LogP contribution in [0, 0.1) is 0 Å². The zero-order valence-corrected chi connectivity index (χ0v) is 12.5. The zero-order valence-electron chi connectivity index (χ0n) is 12.5. The van der Waals surface area contributed by atoms with Crippen molar-refractivity contribution in [2.45, 2.75) is 25.2 Å². The van der Waals surface area contributed by atoms with Crippen molar-refractivity contribution in [3.8, 4) is 5.75 Å². The van der Waals surface area contributed by atoms with Crippen LogP contribution in [0.4, 0.5) is 13.2 Å². The molecule has 1 aliphatic rings. The lowest BCUT2D eigenvalue weighted by Crippen LogP contribution is -2.54. The lowest BCUT2D eigenvalue weighted by atomic mass is 9.96. The van der Waals surface area contributed by atoms with Crippen LogP contribution in [0.1, 0.15) is 18.9 Å². The smallest absolute Gasteiger partial charge is 0.422 e. The molecule has 0 aromatic heterocycles. The molecule has 1 aliphatic heterocycles. The fourth-order valence-corrected chi connectivity index (χ4v) is 2.70. The quantitative estimate of drug-likeness (QED) is 0.873. The molecule has 1 fully saturated rings. The minimum atomic E-state index is -4.41. The number of ether oxygens (including phenoxy) is 1. The summed E-state index contributed by atoms with van der Waals surface area (Å²) in [6, 6.07) is 6.38. The highest BCUT2D eigenvalue weighted by molar-refractivity contribution is 5.38. The minimum Gasteiger partial charge on any atom is -0.484 e. The van der Waals surface area contributed by atoms with Gasteiger partial charge in [0.25, 0.3) is 0 Å². The van der Waals surface area contributed by atoms with Crippen molar-refractivity contribution in [2.24, 2.45) is 0 Å². The number of aliphatic hydroxyl groups is 1. The molecule has 1 saturated heterocycles. The molecule has 4 nitrogen and oxygen atoms in total. The van der Waals surface area contributed by atoms with Crippen molar-refractivity contribution in [1.82, 2.24) is 10.2 Å². The van der Waals surface area contributed by atoms with Crippen LogP contribution in [0.25, 0.3) is 0 Å². The van der Waals surface area contributed by atoms with E-state index < -0.39 is 18.5 Å². The van der Waals surface area contributed by atoms with Crippen LogP contribution in [-0.4, -0.2) is 49.0 Å². The maximum absolute atomic E-state index is 12.4. The van der Waals surface area contributed by atoms with Crippen molar-refractivity contribution < 1.29 is 23.0 Å². The van der Waals surface area contributed by atoms with Crippen molar-refractivity contribution in [2.75, 3.05) is 32.8 Å². The predicted molar refractivity (Wildman–Crippen MR) is 76.6 cm³/mol. The van der Waals surface area contributed by atoms with E-state index in [0.29, 0.717) is 25.1 Å². The third kappa shape index (κ3) is 3.91. The molecular formula is C15H21F3N2O2. The second-order valence-electron chi connectivity index (χ2n) is 5.31. The first-order valence-electron chi connectivity index (χ1n) is 7.34. The maximum atomic E-state index is 12.4. The van der Waals surface area contributed by atoms with Gasteiger partial charge in [-0.05, 0) is 12.5 Å². The van der Waals surface area contributed by atoms with Crippen molar-refractivity contribution in [1.29, 1.82) is 0 Å². The van der Waals surface area contributed by atoms with Gasteiger partial charge in [0, 0.05) is 31.7 Å². The summed E-state index contributed by atoms with van der Waals surface area (Å²) in [5.74, 6) is 0.0720. The minimum absolute atomic E-state index is 0.0720. The molecule has 0 radical (unpaired) electrons. The topological polar surface area (TPSA) is 44.7 Å². The lowest BCUT2D eigenvalue weighted by molar-refractivity contribution is -0.156. The number of nitrogens with one attached hydrogen (secondary N) is 1. The van der Waals surface area contributed by atoms with Gasteiger partial charge in [0.05, 0.1) is 0 Å². The number of para-hydroxylation sites is 1. The van der Waals surface area contributed by atoms with E-state index in [2.05, 4.69) is 5.32 Å². The Kier molecular flexibility index (Phi) is 5.31. The lowest BCUT2D eigenvalue weighted by Gasteiger charge is -2.42. The molecule has 1 aromatic carbocycles. The number of hydrogen-bond acceptors (Lipinski definition) is 4. The van der Waals surface area contributed by atoms with Gasteiger partial charge in [-0.15, -0.1) is 0 Å². The summed E-state index contributed by atoms with van der Waals surface area (Å²) in [5.41, 5.74) is -0.951. The molecule has 1 unspecified atom stereocenters. The summed E-state index contributed by atoms with van der Waals surface area (Å²) in [6.07, 6.45) is -4.05. The van der Waals surface area contributed by atoms with Crippen LogP contribution < -0.4 is 10.1 Å². The Hall–Kier alpha value is -1.31. The summed E-state index contributed by atoms with van der Waals surface area (Å²) in [6.45, 7) is 3.14. The van der Waals surface area contributed by atoms with Crippen molar-refractivity contribution in [3.05, 3.63) is 29.8 Å². The van der Waals surface area contributed by atoms with Crippen LogP contribution >= 0.6 is 0 Å². The Balaban J connectivity index is 2.28. The van der Waals surface area contributed by atoms with Crippen LogP contribution in [0.5, 0.6) is 5.75 Å². The van der Waals surface area contributed by atoms with Gasteiger partial charge in [-0.1, -0.05) is 25.1 Å². The van der Waals surface area contributed by atoms with Crippen molar-refractivity contribution >= 4 is 0 Å². The van der Waals surface area contributed by atoms with Gasteiger partial charge in [-0.3, -0.25) is 4.90 Å². The largest absolute Gasteiger partial charge is 0.484 e. The normalized spacial score (nSPS) is 19.7. The Morgan fingerprint density at radius 3 is 2.45 bits per heavy atom. The molecular weight excluding hydrogens is 297 g/mol. The Morgan fingerprint density at radius 1 is 1.23 bits per heavy atom. The standard InChI is InChI=1S/C15H21F3N2O2/c1-2-14(21,20-9-7-19-8-10-20)12-5-3-4-6-13(12)22-11-15(16,17)18/h3-6,19,21H,2,7-11H2,1H3. The summed E-state index contributed by atoms with van der Waals surface area (Å²) < 4.78 is 42.1. The number of halogens is 3. The predicted octanol–water partition coefficient (Wildman–Crippen LogP) is 2.09. The van der Waals surface area contributed by atoms with E-state index in [-0.39, 0.29) is 5.75 Å². The highest BCUT2D eigenvalue weighted by Crippen LogP contribution is 2.36. The molecule has 22 heavy (non-hydrogen) atoms. The summed E-state index contributed by atoms with van der Waals surface area (Å²) in [7, 11) is 0.